The van der Waals surface area contributed by atoms with Gasteiger partial charge in [0, 0.05) is 5.92 Å². The van der Waals surface area contributed by atoms with Crippen molar-refractivity contribution in [1.82, 2.24) is 0 Å². The van der Waals surface area contributed by atoms with Crippen LogP contribution in [0.3, 0.4) is 0 Å². The van der Waals surface area contributed by atoms with E-state index in [1.165, 1.54) is 0 Å². The number of aliphatic hydroxyl groups is 2. The Morgan fingerprint density at radius 1 is 1.10 bits per heavy atom. The zero-order valence-corrected chi connectivity index (χ0v) is 12.5. The van der Waals surface area contributed by atoms with E-state index in [-0.39, 0.29) is 18.1 Å². The maximum Gasteiger partial charge on any atom is 0.335 e. The molecule has 0 aromatic heterocycles. The summed E-state index contributed by atoms with van der Waals surface area (Å²) in [6, 6.07) is 8.30. The van der Waals surface area contributed by atoms with Crippen molar-refractivity contribution in [3.05, 3.63) is 35.9 Å². The molecule has 4 nitrogen and oxygen atoms in total. The highest BCUT2D eigenvalue weighted by molar-refractivity contribution is 5.87. The summed E-state index contributed by atoms with van der Waals surface area (Å²) in [5.41, 5.74) is 0.331. The van der Waals surface area contributed by atoms with Crippen molar-refractivity contribution in [3.8, 4) is 0 Å². The first-order valence-corrected chi connectivity index (χ1v) is 7.08. The van der Waals surface area contributed by atoms with Gasteiger partial charge in [0.2, 0.25) is 0 Å². The van der Waals surface area contributed by atoms with Crippen LogP contribution >= 0.6 is 0 Å². The summed E-state index contributed by atoms with van der Waals surface area (Å²) >= 11 is 0. The average Bonchev–Trinajstić information content (AvgIpc) is 2.47. The number of carboxylic acids is 1. The zero-order valence-electron chi connectivity index (χ0n) is 12.5. The fourth-order valence-electron chi connectivity index (χ4n) is 1.77. The van der Waals surface area contributed by atoms with E-state index in [2.05, 4.69) is 0 Å². The Hall–Kier alpha value is -1.39. The van der Waals surface area contributed by atoms with E-state index >= 15 is 0 Å². The molecule has 0 radical (unpaired) electrons. The fraction of sp³-hybridized carbons (Fsp3) is 0.562. The molecule has 0 fully saturated rings. The summed E-state index contributed by atoms with van der Waals surface area (Å²) in [4.78, 5) is 10.2. The largest absolute Gasteiger partial charge is 0.478 e. The van der Waals surface area contributed by atoms with Gasteiger partial charge >= 0.3 is 5.97 Å². The second-order valence-electron chi connectivity index (χ2n) is 4.86. The molecule has 3 N–H and O–H groups in total. The van der Waals surface area contributed by atoms with Crippen molar-refractivity contribution in [2.24, 2.45) is 5.92 Å². The van der Waals surface area contributed by atoms with Crippen LogP contribution in [0, 0.1) is 5.92 Å². The van der Waals surface area contributed by atoms with Crippen LogP contribution in [0.5, 0.6) is 0 Å². The van der Waals surface area contributed by atoms with Gasteiger partial charge in [0.15, 0.2) is 0 Å². The summed E-state index contributed by atoms with van der Waals surface area (Å²) in [5, 5.41) is 27.2. The number of hydrogen-bond acceptors (Lipinski definition) is 3. The fourth-order valence-corrected chi connectivity index (χ4v) is 1.77. The number of carboxylic acid groups (broad SMARTS) is 1. The summed E-state index contributed by atoms with van der Waals surface area (Å²) in [7, 11) is 0. The molecule has 0 aliphatic carbocycles. The van der Waals surface area contributed by atoms with Crippen LogP contribution in [0.2, 0.25) is 0 Å². The first-order chi connectivity index (χ1) is 9.43. The van der Waals surface area contributed by atoms with E-state index in [0.717, 1.165) is 19.3 Å². The van der Waals surface area contributed by atoms with Gasteiger partial charge < -0.3 is 15.3 Å². The molecule has 0 spiro atoms. The minimum atomic E-state index is -0.879. The molecule has 3 atom stereocenters. The second-order valence-corrected chi connectivity index (χ2v) is 4.86. The van der Waals surface area contributed by atoms with Gasteiger partial charge in [-0.2, -0.15) is 0 Å². The van der Waals surface area contributed by atoms with Crippen molar-refractivity contribution in [3.63, 3.8) is 0 Å². The number of carbonyl (C=O) groups is 1. The third kappa shape index (κ3) is 7.26. The number of benzene rings is 1. The van der Waals surface area contributed by atoms with Gasteiger partial charge in [0.05, 0.1) is 17.8 Å². The van der Waals surface area contributed by atoms with Crippen molar-refractivity contribution in [1.29, 1.82) is 0 Å². The van der Waals surface area contributed by atoms with Crippen LogP contribution in [0.15, 0.2) is 30.3 Å². The molecule has 1 aromatic rings. The number of rotatable bonds is 6. The molecule has 0 aliphatic heterocycles. The molecular weight excluding hydrogens is 256 g/mol. The van der Waals surface area contributed by atoms with Crippen LogP contribution < -0.4 is 0 Å². The van der Waals surface area contributed by atoms with E-state index < -0.39 is 5.97 Å². The Bertz CT molecular complexity index is 364. The maximum atomic E-state index is 10.2. The van der Waals surface area contributed by atoms with Gasteiger partial charge in [-0.3, -0.25) is 0 Å². The Kier molecular flexibility index (Phi) is 9.68. The number of aromatic carboxylic acids is 1. The maximum absolute atomic E-state index is 10.2. The molecule has 0 heterocycles. The minimum Gasteiger partial charge on any atom is -0.478 e. The molecule has 1 rings (SSSR count). The van der Waals surface area contributed by atoms with Crippen molar-refractivity contribution in [2.45, 2.75) is 52.2 Å². The zero-order chi connectivity index (χ0) is 15.5. The first kappa shape index (κ1) is 18.6. The normalized spacial score (nSPS) is 14.7. The summed E-state index contributed by atoms with van der Waals surface area (Å²) in [5.74, 6) is -0.865. The molecule has 0 bridgehead atoms. The van der Waals surface area contributed by atoms with Crippen molar-refractivity contribution >= 4 is 5.97 Å². The van der Waals surface area contributed by atoms with E-state index in [0.29, 0.717) is 5.56 Å². The van der Waals surface area contributed by atoms with E-state index in [4.69, 9.17) is 5.11 Å². The van der Waals surface area contributed by atoms with Crippen molar-refractivity contribution < 1.29 is 20.1 Å². The average molecular weight is 282 g/mol. The quantitative estimate of drug-likeness (QED) is 0.749. The Labute approximate surface area is 121 Å². The number of aliphatic hydroxyl groups excluding tert-OH is 2. The van der Waals surface area contributed by atoms with Crippen LogP contribution in [0.25, 0.3) is 0 Å². The Morgan fingerprint density at radius 2 is 1.65 bits per heavy atom. The molecule has 3 unspecified atom stereocenters. The monoisotopic (exact) mass is 282 g/mol. The molecule has 0 amide bonds. The molecular formula is C16H26O4. The SMILES string of the molecule is CCCC(O)C(C)C(O)CC.O=C(O)c1ccccc1. The molecule has 20 heavy (non-hydrogen) atoms. The second kappa shape index (κ2) is 10.4. The highest BCUT2D eigenvalue weighted by Gasteiger charge is 2.19. The summed E-state index contributed by atoms with van der Waals surface area (Å²) in [6.45, 7) is 5.86. The lowest BCUT2D eigenvalue weighted by Gasteiger charge is -2.22. The van der Waals surface area contributed by atoms with Crippen LogP contribution in [-0.2, 0) is 0 Å². The first-order valence-electron chi connectivity index (χ1n) is 7.08. The molecule has 1 aromatic carbocycles. The predicted molar refractivity (Wildman–Crippen MR) is 79.8 cm³/mol. The van der Waals surface area contributed by atoms with Gasteiger partial charge in [-0.15, -0.1) is 0 Å². The predicted octanol–water partition coefficient (Wildman–Crippen LogP) is 2.94. The lowest BCUT2D eigenvalue weighted by molar-refractivity contribution is 0.0159. The van der Waals surface area contributed by atoms with Crippen LogP contribution in [-0.4, -0.2) is 33.5 Å². The molecule has 4 heteroatoms. The minimum absolute atomic E-state index is 0.0138. The van der Waals surface area contributed by atoms with Crippen molar-refractivity contribution in [2.75, 3.05) is 0 Å². The smallest absolute Gasteiger partial charge is 0.335 e. The van der Waals surface area contributed by atoms with Gasteiger partial charge in [-0.25, -0.2) is 4.79 Å². The Balaban J connectivity index is 0.000000367. The molecule has 114 valence electrons. The lowest BCUT2D eigenvalue weighted by atomic mass is 9.94. The summed E-state index contributed by atoms with van der Waals surface area (Å²) < 4.78 is 0. The third-order valence-electron chi connectivity index (χ3n) is 3.24. The standard InChI is InChI=1S/C9H20O2.C7H6O2/c1-4-6-9(11)7(3)8(10)5-2;8-7(9)6-4-2-1-3-5-6/h7-11H,4-6H2,1-3H3;1-5H,(H,8,9). The van der Waals surface area contributed by atoms with Crippen LogP contribution in [0.1, 0.15) is 50.4 Å². The van der Waals surface area contributed by atoms with Gasteiger partial charge in [-0.1, -0.05) is 45.4 Å². The third-order valence-corrected chi connectivity index (χ3v) is 3.24. The van der Waals surface area contributed by atoms with Crippen LogP contribution in [0.4, 0.5) is 0 Å². The summed E-state index contributed by atoms with van der Waals surface area (Å²) in [6.07, 6.45) is 1.80. The highest BCUT2D eigenvalue weighted by Crippen LogP contribution is 2.15. The van der Waals surface area contributed by atoms with E-state index in [9.17, 15) is 15.0 Å². The molecule has 0 saturated heterocycles. The lowest BCUT2D eigenvalue weighted by Crippen LogP contribution is -2.28. The molecule has 0 aliphatic rings. The van der Waals surface area contributed by atoms with Gasteiger partial charge in [0.1, 0.15) is 0 Å². The highest BCUT2D eigenvalue weighted by atomic mass is 16.4. The van der Waals surface area contributed by atoms with Gasteiger partial charge in [0.25, 0.3) is 0 Å². The van der Waals surface area contributed by atoms with E-state index in [1.54, 1.807) is 30.3 Å². The number of hydrogen-bond donors (Lipinski definition) is 3. The van der Waals surface area contributed by atoms with E-state index in [1.807, 2.05) is 20.8 Å². The molecule has 0 saturated carbocycles. The topological polar surface area (TPSA) is 77.8 Å². The Morgan fingerprint density at radius 3 is 2.00 bits per heavy atom. The van der Waals surface area contributed by atoms with Gasteiger partial charge in [-0.05, 0) is 25.0 Å².